The van der Waals surface area contributed by atoms with Crippen LogP contribution in [0.1, 0.15) is 11.1 Å². The minimum atomic E-state index is 0.00482. The van der Waals surface area contributed by atoms with Gasteiger partial charge in [-0.15, -0.1) is 0 Å². The van der Waals surface area contributed by atoms with E-state index >= 15 is 0 Å². The molecule has 2 aromatic carbocycles. The fourth-order valence-electron chi connectivity index (χ4n) is 1.97. The molecule has 0 aliphatic rings. The summed E-state index contributed by atoms with van der Waals surface area (Å²) in [6.45, 7) is 2.92. The zero-order valence-corrected chi connectivity index (χ0v) is 12.1. The van der Waals surface area contributed by atoms with Gasteiger partial charge in [0.1, 0.15) is 12.4 Å². The Morgan fingerprint density at radius 1 is 1.14 bits per heavy atom. The van der Waals surface area contributed by atoms with Crippen molar-refractivity contribution in [3.05, 3.63) is 59.7 Å². The highest BCUT2D eigenvalue weighted by molar-refractivity contribution is 5.78. The molecule has 0 aliphatic carbocycles. The van der Waals surface area contributed by atoms with Crippen LogP contribution in [0.15, 0.2) is 48.5 Å². The van der Waals surface area contributed by atoms with Crippen LogP contribution in [-0.2, 0) is 11.2 Å². The van der Waals surface area contributed by atoms with E-state index in [-0.39, 0.29) is 5.91 Å². The number of aryl methyl sites for hydroxylation is 1. The molecule has 0 radical (unpaired) electrons. The molecule has 0 heterocycles. The molecule has 0 saturated heterocycles. The number of hydrogen-bond acceptors (Lipinski definition) is 3. The third-order valence-corrected chi connectivity index (χ3v) is 3.19. The first-order chi connectivity index (χ1) is 10.1. The summed E-state index contributed by atoms with van der Waals surface area (Å²) >= 11 is 0. The van der Waals surface area contributed by atoms with E-state index in [9.17, 15) is 4.79 Å². The highest BCUT2D eigenvalue weighted by atomic mass is 16.5. The zero-order valence-electron chi connectivity index (χ0n) is 12.1. The highest BCUT2D eigenvalue weighted by Crippen LogP contribution is 2.12. The van der Waals surface area contributed by atoms with Gasteiger partial charge in [-0.2, -0.15) is 0 Å². The van der Waals surface area contributed by atoms with Gasteiger partial charge in [0.05, 0.1) is 13.0 Å². The molecule has 2 rings (SSSR count). The van der Waals surface area contributed by atoms with Gasteiger partial charge in [-0.25, -0.2) is 0 Å². The van der Waals surface area contributed by atoms with Crippen LogP contribution in [0.3, 0.4) is 0 Å². The molecule has 3 N–H and O–H groups in total. The molecule has 4 heteroatoms. The van der Waals surface area contributed by atoms with Crippen molar-refractivity contribution in [3.8, 4) is 5.75 Å². The van der Waals surface area contributed by atoms with Gasteiger partial charge in [0.15, 0.2) is 0 Å². The number of ether oxygens (including phenoxy) is 1. The summed E-state index contributed by atoms with van der Waals surface area (Å²) in [5.41, 5.74) is 8.48. The van der Waals surface area contributed by atoms with Crippen LogP contribution in [-0.4, -0.2) is 19.1 Å². The first-order valence-electron chi connectivity index (χ1n) is 6.94. The van der Waals surface area contributed by atoms with Crippen LogP contribution in [0.4, 0.5) is 5.69 Å². The molecule has 0 unspecified atom stereocenters. The van der Waals surface area contributed by atoms with Crippen LogP contribution in [0.2, 0.25) is 0 Å². The largest absolute Gasteiger partial charge is 0.492 e. The van der Waals surface area contributed by atoms with E-state index in [2.05, 4.69) is 5.32 Å². The minimum Gasteiger partial charge on any atom is -0.492 e. The van der Waals surface area contributed by atoms with Crippen LogP contribution in [0.5, 0.6) is 5.75 Å². The molecule has 4 nitrogen and oxygen atoms in total. The average Bonchev–Trinajstić information content (AvgIpc) is 2.48. The van der Waals surface area contributed by atoms with Gasteiger partial charge >= 0.3 is 0 Å². The zero-order chi connectivity index (χ0) is 15.1. The molecule has 2 aromatic rings. The van der Waals surface area contributed by atoms with E-state index in [1.807, 2.05) is 43.3 Å². The molecule has 0 aromatic heterocycles. The van der Waals surface area contributed by atoms with E-state index < -0.39 is 0 Å². The van der Waals surface area contributed by atoms with Crippen molar-refractivity contribution in [2.75, 3.05) is 18.9 Å². The van der Waals surface area contributed by atoms with Crippen molar-refractivity contribution in [1.82, 2.24) is 5.32 Å². The van der Waals surface area contributed by atoms with Crippen LogP contribution in [0.25, 0.3) is 0 Å². The Labute approximate surface area is 124 Å². The minimum absolute atomic E-state index is 0.00482. The van der Waals surface area contributed by atoms with Crippen molar-refractivity contribution >= 4 is 11.6 Å². The lowest BCUT2D eigenvalue weighted by atomic mass is 10.1. The normalized spacial score (nSPS) is 10.1. The number of rotatable bonds is 6. The van der Waals surface area contributed by atoms with Crippen LogP contribution < -0.4 is 15.8 Å². The summed E-state index contributed by atoms with van der Waals surface area (Å²) in [7, 11) is 0. The standard InChI is InChI=1S/C17H20N2O2/c1-13-4-2-3-5-14(13)12-17(20)19-10-11-21-16-8-6-15(18)7-9-16/h2-9H,10-12,18H2,1H3,(H,19,20). The molecule has 0 aliphatic heterocycles. The molecule has 0 bridgehead atoms. The number of amides is 1. The van der Waals surface area contributed by atoms with Gasteiger partial charge in [-0.3, -0.25) is 4.79 Å². The Morgan fingerprint density at radius 3 is 2.57 bits per heavy atom. The van der Waals surface area contributed by atoms with Gasteiger partial charge in [0, 0.05) is 5.69 Å². The summed E-state index contributed by atoms with van der Waals surface area (Å²) in [5.74, 6) is 0.752. The monoisotopic (exact) mass is 284 g/mol. The number of nitrogen functional groups attached to an aromatic ring is 1. The Kier molecular flexibility index (Phi) is 5.21. The molecule has 1 amide bonds. The first-order valence-corrected chi connectivity index (χ1v) is 6.94. The second-order valence-electron chi connectivity index (χ2n) is 4.87. The third kappa shape index (κ3) is 4.84. The van der Waals surface area contributed by atoms with Gasteiger partial charge in [-0.05, 0) is 42.3 Å². The van der Waals surface area contributed by atoms with Gasteiger partial charge < -0.3 is 15.8 Å². The van der Waals surface area contributed by atoms with E-state index in [4.69, 9.17) is 10.5 Å². The molecular formula is C17H20N2O2. The lowest BCUT2D eigenvalue weighted by Crippen LogP contribution is -2.29. The molecule has 110 valence electrons. The van der Waals surface area contributed by atoms with Crippen molar-refractivity contribution < 1.29 is 9.53 Å². The number of carbonyl (C=O) groups is 1. The van der Waals surface area contributed by atoms with Gasteiger partial charge in [0.2, 0.25) is 5.91 Å². The summed E-state index contributed by atoms with van der Waals surface area (Å²) in [5, 5.41) is 2.85. The molecule has 0 spiro atoms. The Balaban J connectivity index is 1.70. The number of benzene rings is 2. The Hall–Kier alpha value is -2.49. The summed E-state index contributed by atoms with van der Waals surface area (Å²) < 4.78 is 5.52. The summed E-state index contributed by atoms with van der Waals surface area (Å²) in [6.07, 6.45) is 0.397. The fraction of sp³-hybridized carbons (Fsp3) is 0.235. The van der Waals surface area contributed by atoms with E-state index in [1.54, 1.807) is 12.1 Å². The molecule has 0 saturated carbocycles. The fourth-order valence-corrected chi connectivity index (χ4v) is 1.97. The molecule has 21 heavy (non-hydrogen) atoms. The lowest BCUT2D eigenvalue weighted by Gasteiger charge is -2.09. The smallest absolute Gasteiger partial charge is 0.224 e. The second-order valence-corrected chi connectivity index (χ2v) is 4.87. The maximum Gasteiger partial charge on any atom is 0.224 e. The van der Waals surface area contributed by atoms with Crippen molar-refractivity contribution in [2.45, 2.75) is 13.3 Å². The van der Waals surface area contributed by atoms with E-state index in [0.29, 0.717) is 25.3 Å². The summed E-state index contributed by atoms with van der Waals surface area (Å²) in [4.78, 5) is 11.8. The lowest BCUT2D eigenvalue weighted by molar-refractivity contribution is -0.120. The van der Waals surface area contributed by atoms with Crippen molar-refractivity contribution in [2.24, 2.45) is 0 Å². The van der Waals surface area contributed by atoms with Crippen molar-refractivity contribution in [3.63, 3.8) is 0 Å². The summed E-state index contributed by atoms with van der Waals surface area (Å²) in [6, 6.07) is 15.1. The molecular weight excluding hydrogens is 264 g/mol. The van der Waals surface area contributed by atoms with Crippen molar-refractivity contribution in [1.29, 1.82) is 0 Å². The SMILES string of the molecule is Cc1ccccc1CC(=O)NCCOc1ccc(N)cc1. The third-order valence-electron chi connectivity index (χ3n) is 3.19. The van der Waals surface area contributed by atoms with E-state index in [1.165, 1.54) is 0 Å². The number of hydrogen-bond donors (Lipinski definition) is 2. The average molecular weight is 284 g/mol. The van der Waals surface area contributed by atoms with Crippen LogP contribution >= 0.6 is 0 Å². The molecule has 0 atom stereocenters. The topological polar surface area (TPSA) is 64.3 Å². The first kappa shape index (κ1) is 14.9. The van der Waals surface area contributed by atoms with Gasteiger partial charge in [0.25, 0.3) is 0 Å². The Morgan fingerprint density at radius 2 is 1.86 bits per heavy atom. The maximum atomic E-state index is 11.8. The van der Waals surface area contributed by atoms with E-state index in [0.717, 1.165) is 16.9 Å². The highest BCUT2D eigenvalue weighted by Gasteiger charge is 2.04. The van der Waals surface area contributed by atoms with Crippen LogP contribution in [0, 0.1) is 6.92 Å². The predicted molar refractivity (Wildman–Crippen MR) is 84.2 cm³/mol. The second kappa shape index (κ2) is 7.33. The maximum absolute atomic E-state index is 11.8. The number of nitrogens with two attached hydrogens (primary N) is 1. The Bertz CT molecular complexity index is 594. The number of carbonyl (C=O) groups excluding carboxylic acids is 1. The number of anilines is 1. The molecule has 0 fully saturated rings. The quantitative estimate of drug-likeness (QED) is 0.632. The van der Waals surface area contributed by atoms with Gasteiger partial charge in [-0.1, -0.05) is 24.3 Å². The predicted octanol–water partition coefficient (Wildman–Crippen LogP) is 2.31. The number of nitrogens with one attached hydrogen (secondary N) is 1.